The molecule has 132 valence electrons. The molecule has 2 aromatic heterocycles. The molecule has 1 atom stereocenters. The lowest BCUT2D eigenvalue weighted by Crippen LogP contribution is -2.45. The molecule has 0 N–H and O–H groups in total. The Kier molecular flexibility index (Phi) is 5.57. The molecule has 1 fully saturated rings. The summed E-state index contributed by atoms with van der Waals surface area (Å²) in [7, 11) is 2.12. The number of aryl methyl sites for hydroxylation is 2. The lowest BCUT2D eigenvalue weighted by Gasteiger charge is -2.36. The molecule has 8 heteroatoms. The van der Waals surface area contributed by atoms with Crippen LogP contribution in [0.25, 0.3) is 0 Å². The van der Waals surface area contributed by atoms with Crippen LogP contribution in [0.3, 0.4) is 0 Å². The molecule has 0 aliphatic carbocycles. The number of likely N-dealkylation sites (N-methyl/N-ethyl adjacent to an activating group) is 1. The minimum absolute atomic E-state index is 0.466. The number of hydrogen-bond acceptors (Lipinski definition) is 8. The van der Waals surface area contributed by atoms with Crippen LogP contribution in [0.1, 0.15) is 49.6 Å². The van der Waals surface area contributed by atoms with Crippen molar-refractivity contribution in [2.45, 2.75) is 58.7 Å². The molecule has 1 saturated heterocycles. The number of hydrogen-bond donors (Lipinski definition) is 0. The molecular formula is C16H26N6O2. The predicted octanol–water partition coefficient (Wildman–Crippen LogP) is 1.81. The second kappa shape index (κ2) is 7.85. The Hall–Kier alpha value is -1.80. The van der Waals surface area contributed by atoms with Gasteiger partial charge in [-0.2, -0.15) is 9.97 Å². The Morgan fingerprint density at radius 1 is 1.21 bits per heavy atom. The molecule has 0 radical (unpaired) electrons. The SMILES string of the molecule is CCCc1noc(CN(C)[C@H]2CCCN(Cc3noc(C)n3)C2)n1. The van der Waals surface area contributed by atoms with Crippen LogP contribution < -0.4 is 0 Å². The zero-order valence-corrected chi connectivity index (χ0v) is 14.7. The van der Waals surface area contributed by atoms with Gasteiger partial charge in [-0.15, -0.1) is 0 Å². The van der Waals surface area contributed by atoms with Crippen molar-refractivity contribution in [2.24, 2.45) is 0 Å². The molecule has 24 heavy (non-hydrogen) atoms. The van der Waals surface area contributed by atoms with E-state index in [2.05, 4.69) is 44.1 Å². The van der Waals surface area contributed by atoms with Gasteiger partial charge in [-0.25, -0.2) is 0 Å². The molecule has 1 aliphatic rings. The lowest BCUT2D eigenvalue weighted by atomic mass is 10.0. The van der Waals surface area contributed by atoms with Crippen LogP contribution in [0.5, 0.6) is 0 Å². The van der Waals surface area contributed by atoms with Crippen molar-refractivity contribution in [3.8, 4) is 0 Å². The highest BCUT2D eigenvalue weighted by Crippen LogP contribution is 2.18. The van der Waals surface area contributed by atoms with Crippen LogP contribution in [0, 0.1) is 6.92 Å². The normalized spacial score (nSPS) is 19.2. The van der Waals surface area contributed by atoms with Crippen LogP contribution in [-0.2, 0) is 19.5 Å². The first-order valence-electron chi connectivity index (χ1n) is 8.67. The van der Waals surface area contributed by atoms with E-state index < -0.39 is 0 Å². The summed E-state index contributed by atoms with van der Waals surface area (Å²) < 4.78 is 10.4. The maximum Gasteiger partial charge on any atom is 0.240 e. The smallest absolute Gasteiger partial charge is 0.240 e. The maximum atomic E-state index is 5.36. The van der Waals surface area contributed by atoms with Crippen LogP contribution in [-0.4, -0.2) is 56.3 Å². The number of rotatable bonds is 7. The maximum absolute atomic E-state index is 5.36. The summed E-state index contributed by atoms with van der Waals surface area (Å²) in [6.45, 7) is 7.42. The standard InChI is InChI=1S/C16H26N6O2/c1-4-6-14-18-16(24-19-14)11-21(3)13-7-5-8-22(9-13)10-15-17-12(2)23-20-15/h13H,4-11H2,1-3H3/t13-/m0/s1. The molecule has 3 heterocycles. The second-order valence-corrected chi connectivity index (χ2v) is 6.53. The summed E-state index contributed by atoms with van der Waals surface area (Å²) >= 11 is 0. The van der Waals surface area contributed by atoms with Gasteiger partial charge in [0.1, 0.15) is 0 Å². The van der Waals surface area contributed by atoms with Crippen LogP contribution >= 0.6 is 0 Å². The van der Waals surface area contributed by atoms with Crippen LogP contribution in [0.15, 0.2) is 9.05 Å². The van der Waals surface area contributed by atoms with Gasteiger partial charge in [0.05, 0.1) is 13.1 Å². The van der Waals surface area contributed by atoms with Gasteiger partial charge in [-0.1, -0.05) is 17.2 Å². The molecule has 1 aliphatic heterocycles. The minimum Gasteiger partial charge on any atom is -0.340 e. The third-order valence-electron chi connectivity index (χ3n) is 4.41. The highest BCUT2D eigenvalue weighted by molar-refractivity contribution is 4.90. The number of aromatic nitrogens is 4. The summed E-state index contributed by atoms with van der Waals surface area (Å²) in [4.78, 5) is 13.4. The van der Waals surface area contributed by atoms with Gasteiger partial charge in [0.2, 0.25) is 11.8 Å². The van der Waals surface area contributed by atoms with Crippen molar-refractivity contribution >= 4 is 0 Å². The van der Waals surface area contributed by atoms with Gasteiger partial charge >= 0.3 is 0 Å². The zero-order valence-electron chi connectivity index (χ0n) is 14.7. The van der Waals surface area contributed by atoms with E-state index in [1.807, 2.05) is 6.92 Å². The van der Waals surface area contributed by atoms with Gasteiger partial charge < -0.3 is 9.05 Å². The van der Waals surface area contributed by atoms with E-state index in [9.17, 15) is 0 Å². The highest BCUT2D eigenvalue weighted by atomic mass is 16.5. The Bertz CT molecular complexity index is 640. The third kappa shape index (κ3) is 4.39. The van der Waals surface area contributed by atoms with E-state index >= 15 is 0 Å². The van der Waals surface area contributed by atoms with Crippen molar-refractivity contribution < 1.29 is 9.05 Å². The van der Waals surface area contributed by atoms with Gasteiger partial charge in [0, 0.05) is 25.9 Å². The average Bonchev–Trinajstić information content (AvgIpc) is 3.17. The van der Waals surface area contributed by atoms with Crippen molar-refractivity contribution in [1.82, 2.24) is 30.1 Å². The van der Waals surface area contributed by atoms with E-state index in [1.54, 1.807) is 0 Å². The molecule has 0 aromatic carbocycles. The molecule has 3 rings (SSSR count). The summed E-state index contributed by atoms with van der Waals surface area (Å²) in [5, 5.41) is 8.02. The first-order chi connectivity index (χ1) is 11.6. The third-order valence-corrected chi connectivity index (χ3v) is 4.41. The largest absolute Gasteiger partial charge is 0.340 e. The van der Waals surface area contributed by atoms with Gasteiger partial charge in [0.25, 0.3) is 0 Å². The molecular weight excluding hydrogens is 308 g/mol. The first-order valence-corrected chi connectivity index (χ1v) is 8.67. The summed E-state index contributed by atoms with van der Waals surface area (Å²) in [5.74, 6) is 2.89. The fourth-order valence-electron chi connectivity index (χ4n) is 3.16. The van der Waals surface area contributed by atoms with Crippen molar-refractivity contribution in [1.29, 1.82) is 0 Å². The average molecular weight is 334 g/mol. The Labute approximate surface area is 142 Å². The summed E-state index contributed by atoms with van der Waals surface area (Å²) in [6, 6.07) is 0.466. The minimum atomic E-state index is 0.466. The monoisotopic (exact) mass is 334 g/mol. The van der Waals surface area contributed by atoms with Crippen molar-refractivity contribution in [3.05, 3.63) is 23.4 Å². The summed E-state index contributed by atoms with van der Waals surface area (Å²) in [6.07, 6.45) is 4.24. The highest BCUT2D eigenvalue weighted by Gasteiger charge is 2.25. The van der Waals surface area contributed by atoms with E-state index in [1.165, 1.54) is 6.42 Å². The van der Waals surface area contributed by atoms with Crippen LogP contribution in [0.2, 0.25) is 0 Å². The topological polar surface area (TPSA) is 84.3 Å². The molecule has 8 nitrogen and oxygen atoms in total. The van der Waals surface area contributed by atoms with E-state index in [0.29, 0.717) is 24.4 Å². The second-order valence-electron chi connectivity index (χ2n) is 6.53. The Balaban J connectivity index is 1.53. The molecule has 0 amide bonds. The van der Waals surface area contributed by atoms with Crippen molar-refractivity contribution in [2.75, 3.05) is 20.1 Å². The lowest BCUT2D eigenvalue weighted by molar-refractivity contribution is 0.0972. The van der Waals surface area contributed by atoms with Crippen LogP contribution in [0.4, 0.5) is 0 Å². The van der Waals surface area contributed by atoms with Gasteiger partial charge in [0.15, 0.2) is 11.6 Å². The number of piperidine rings is 1. The zero-order chi connectivity index (χ0) is 16.9. The molecule has 2 aromatic rings. The number of likely N-dealkylation sites (tertiary alicyclic amines) is 1. The predicted molar refractivity (Wildman–Crippen MR) is 87.1 cm³/mol. The van der Waals surface area contributed by atoms with Gasteiger partial charge in [-0.3, -0.25) is 9.80 Å². The fraction of sp³-hybridized carbons (Fsp3) is 0.750. The molecule has 0 unspecified atom stereocenters. The Morgan fingerprint density at radius 2 is 2.04 bits per heavy atom. The molecule has 0 bridgehead atoms. The fourth-order valence-corrected chi connectivity index (χ4v) is 3.16. The van der Waals surface area contributed by atoms with Gasteiger partial charge in [-0.05, 0) is 32.9 Å². The Morgan fingerprint density at radius 3 is 2.79 bits per heavy atom. The van der Waals surface area contributed by atoms with E-state index in [4.69, 9.17) is 9.05 Å². The van der Waals surface area contributed by atoms with E-state index in [0.717, 1.165) is 50.5 Å². The summed E-state index contributed by atoms with van der Waals surface area (Å²) in [5.41, 5.74) is 0. The molecule has 0 saturated carbocycles. The van der Waals surface area contributed by atoms with Crippen molar-refractivity contribution in [3.63, 3.8) is 0 Å². The van der Waals surface area contributed by atoms with E-state index in [-0.39, 0.29) is 0 Å². The quantitative estimate of drug-likeness (QED) is 0.758. The molecule has 0 spiro atoms. The first kappa shape index (κ1) is 17.0. The number of nitrogens with zero attached hydrogens (tertiary/aromatic N) is 6.